The van der Waals surface area contributed by atoms with Crippen LogP contribution in [0.4, 0.5) is 11.4 Å². The molecule has 2 aromatic rings. The minimum absolute atomic E-state index is 0.152. The predicted molar refractivity (Wildman–Crippen MR) is 128 cm³/mol. The Bertz CT molecular complexity index is 1130. The number of halogens is 1. The lowest BCUT2D eigenvalue weighted by atomic mass is 10.0. The van der Waals surface area contributed by atoms with Gasteiger partial charge < -0.3 is 15.4 Å². The van der Waals surface area contributed by atoms with Crippen LogP contribution in [0.1, 0.15) is 5.56 Å². The number of fused-ring (bicyclic) bond motifs is 1. The third-order valence-electron chi connectivity index (χ3n) is 5.36. The van der Waals surface area contributed by atoms with Crippen LogP contribution in [-0.2, 0) is 19.4 Å². The zero-order valence-corrected chi connectivity index (χ0v) is 19.7. The van der Waals surface area contributed by atoms with Crippen molar-refractivity contribution in [3.8, 4) is 0 Å². The minimum Gasteiger partial charge on any atom is -0.399 e. The lowest BCUT2D eigenvalue weighted by Crippen LogP contribution is -2.46. The van der Waals surface area contributed by atoms with Gasteiger partial charge in [0.15, 0.2) is 9.84 Å². The maximum absolute atomic E-state index is 13.2. The van der Waals surface area contributed by atoms with Gasteiger partial charge in [0.1, 0.15) is 3.92 Å². The molecule has 10 heteroatoms. The second-order valence-electron chi connectivity index (χ2n) is 7.39. The molecule has 31 heavy (non-hydrogen) atoms. The number of morpholine rings is 1. The predicted octanol–water partition coefficient (Wildman–Crippen LogP) is 1.81. The van der Waals surface area contributed by atoms with Crippen molar-refractivity contribution in [1.82, 2.24) is 4.90 Å². The fourth-order valence-corrected chi connectivity index (χ4v) is 6.66. The first kappa shape index (κ1) is 22.1. The number of alkyl halides is 1. The van der Waals surface area contributed by atoms with Crippen LogP contribution in [0, 0.1) is 0 Å². The van der Waals surface area contributed by atoms with Gasteiger partial charge in [0.25, 0.3) is 0 Å². The summed E-state index contributed by atoms with van der Waals surface area (Å²) < 4.78 is 30.9. The van der Waals surface area contributed by atoms with Gasteiger partial charge in [0, 0.05) is 24.3 Å². The number of hydrazine groups is 1. The SMILES string of the molecule is Nc1ccc2c(c1)C(N(N)c1ccccc1)=C(C(I)C(=O)N1CCOCC1)CS2(=O)=O. The number of carbonyl (C=O) groups is 1. The van der Waals surface area contributed by atoms with Crippen LogP contribution < -0.4 is 16.6 Å². The van der Waals surface area contributed by atoms with E-state index in [2.05, 4.69) is 0 Å². The van der Waals surface area contributed by atoms with E-state index in [9.17, 15) is 13.2 Å². The molecule has 1 unspecified atom stereocenters. The summed E-state index contributed by atoms with van der Waals surface area (Å²) >= 11 is 2.01. The normalized spacial score (nSPS) is 19.0. The molecule has 2 heterocycles. The molecule has 164 valence electrons. The van der Waals surface area contributed by atoms with Crippen molar-refractivity contribution in [3.05, 3.63) is 59.7 Å². The zero-order valence-electron chi connectivity index (χ0n) is 16.7. The summed E-state index contributed by atoms with van der Waals surface area (Å²) in [6.07, 6.45) is 0. The average molecular weight is 554 g/mol. The Labute approximate surface area is 194 Å². The standard InChI is InChI=1S/C21H23IN4O4S/c22-19(21(27)25-8-10-30-11-9-25)17-13-31(28,29)18-7-6-14(23)12-16(18)20(17)26(24)15-4-2-1-3-5-15/h1-7,12,19H,8-11,13,23-24H2. The van der Waals surface area contributed by atoms with Gasteiger partial charge in [-0.2, -0.15) is 0 Å². The topological polar surface area (TPSA) is 119 Å². The Hall–Kier alpha value is -2.15. The summed E-state index contributed by atoms with van der Waals surface area (Å²) in [4.78, 5) is 15.1. The number of anilines is 2. The number of sulfone groups is 1. The molecule has 1 amide bonds. The fourth-order valence-electron chi connectivity index (χ4n) is 3.82. The lowest BCUT2D eigenvalue weighted by Gasteiger charge is -2.34. The average Bonchev–Trinajstić information content (AvgIpc) is 2.78. The molecule has 0 aliphatic carbocycles. The van der Waals surface area contributed by atoms with E-state index in [1.807, 2.05) is 52.9 Å². The Kier molecular flexibility index (Phi) is 6.24. The van der Waals surface area contributed by atoms with Gasteiger partial charge in [-0.15, -0.1) is 0 Å². The highest BCUT2D eigenvalue weighted by molar-refractivity contribution is 14.1. The number of nitrogens with zero attached hydrogens (tertiary/aromatic N) is 2. The third-order valence-corrected chi connectivity index (χ3v) is 8.37. The molecule has 0 bridgehead atoms. The number of benzene rings is 2. The molecule has 2 aliphatic heterocycles. The molecule has 4 N–H and O–H groups in total. The van der Waals surface area contributed by atoms with Crippen molar-refractivity contribution in [2.75, 3.05) is 42.8 Å². The van der Waals surface area contributed by atoms with Gasteiger partial charge in [-0.25, -0.2) is 14.3 Å². The van der Waals surface area contributed by atoms with E-state index in [1.54, 1.807) is 17.0 Å². The zero-order chi connectivity index (χ0) is 22.2. The monoisotopic (exact) mass is 554 g/mol. The Morgan fingerprint density at radius 3 is 2.48 bits per heavy atom. The van der Waals surface area contributed by atoms with E-state index in [-0.39, 0.29) is 16.6 Å². The first-order chi connectivity index (χ1) is 14.8. The number of carbonyl (C=O) groups excluding carboxylic acids is 1. The smallest absolute Gasteiger partial charge is 0.239 e. The summed E-state index contributed by atoms with van der Waals surface area (Å²) in [6, 6.07) is 13.9. The van der Waals surface area contributed by atoms with E-state index in [1.165, 1.54) is 11.1 Å². The number of hydrogen-bond donors (Lipinski definition) is 2. The van der Waals surface area contributed by atoms with Crippen LogP contribution in [0.2, 0.25) is 0 Å². The molecule has 1 fully saturated rings. The molecular weight excluding hydrogens is 531 g/mol. The van der Waals surface area contributed by atoms with Crippen LogP contribution in [0.3, 0.4) is 0 Å². The van der Waals surface area contributed by atoms with Crippen LogP contribution >= 0.6 is 22.6 Å². The number of amides is 1. The van der Waals surface area contributed by atoms with Gasteiger partial charge in [-0.05, 0) is 35.9 Å². The summed E-state index contributed by atoms with van der Waals surface area (Å²) in [5, 5.41) is 1.44. The molecule has 0 radical (unpaired) electrons. The van der Waals surface area contributed by atoms with Crippen molar-refractivity contribution < 1.29 is 17.9 Å². The van der Waals surface area contributed by atoms with Gasteiger partial charge in [0.2, 0.25) is 5.91 Å². The number of nitrogens with two attached hydrogens (primary N) is 2. The maximum Gasteiger partial charge on any atom is 0.239 e. The van der Waals surface area contributed by atoms with Gasteiger partial charge in [-0.1, -0.05) is 40.8 Å². The maximum atomic E-state index is 13.2. The molecule has 1 saturated heterocycles. The highest BCUT2D eigenvalue weighted by Gasteiger charge is 2.38. The molecule has 2 aromatic carbocycles. The molecule has 0 saturated carbocycles. The second-order valence-corrected chi connectivity index (χ2v) is 10.6. The largest absolute Gasteiger partial charge is 0.399 e. The molecule has 0 aromatic heterocycles. The number of nitrogen functional groups attached to an aromatic ring is 1. The van der Waals surface area contributed by atoms with Crippen molar-refractivity contribution >= 4 is 55.4 Å². The number of rotatable bonds is 4. The van der Waals surface area contributed by atoms with Crippen LogP contribution in [-0.4, -0.2) is 55.2 Å². The Balaban J connectivity index is 1.88. The van der Waals surface area contributed by atoms with Crippen molar-refractivity contribution in [3.63, 3.8) is 0 Å². The number of para-hydroxylation sites is 1. The summed E-state index contributed by atoms with van der Waals surface area (Å²) in [7, 11) is -3.66. The van der Waals surface area contributed by atoms with Crippen molar-refractivity contribution in [2.24, 2.45) is 5.84 Å². The number of hydrogen-bond acceptors (Lipinski definition) is 7. The van der Waals surface area contributed by atoms with E-state index >= 15 is 0 Å². The summed E-state index contributed by atoms with van der Waals surface area (Å²) in [5.74, 6) is 6.08. The molecule has 0 spiro atoms. The first-order valence-corrected chi connectivity index (χ1v) is 12.7. The lowest BCUT2D eigenvalue weighted by molar-refractivity contribution is -0.133. The number of ether oxygens (including phenoxy) is 1. The molecule has 4 rings (SSSR count). The van der Waals surface area contributed by atoms with Crippen LogP contribution in [0.5, 0.6) is 0 Å². The van der Waals surface area contributed by atoms with E-state index < -0.39 is 13.8 Å². The fraction of sp³-hybridized carbons (Fsp3) is 0.286. The molecule has 2 aliphatic rings. The third kappa shape index (κ3) is 4.29. The van der Waals surface area contributed by atoms with Crippen LogP contribution in [0.25, 0.3) is 5.70 Å². The first-order valence-electron chi connectivity index (χ1n) is 9.76. The minimum atomic E-state index is -3.66. The van der Waals surface area contributed by atoms with Gasteiger partial charge in [-0.3, -0.25) is 9.80 Å². The van der Waals surface area contributed by atoms with E-state index in [0.717, 1.165) is 0 Å². The highest BCUT2D eigenvalue weighted by Crippen LogP contribution is 2.40. The van der Waals surface area contributed by atoms with E-state index in [0.29, 0.717) is 54.5 Å². The van der Waals surface area contributed by atoms with Crippen molar-refractivity contribution in [1.29, 1.82) is 0 Å². The molecule has 1 atom stereocenters. The Morgan fingerprint density at radius 2 is 1.81 bits per heavy atom. The Morgan fingerprint density at radius 1 is 1.13 bits per heavy atom. The van der Waals surface area contributed by atoms with Gasteiger partial charge >= 0.3 is 0 Å². The molecule has 8 nitrogen and oxygen atoms in total. The second kappa shape index (κ2) is 8.77. The quantitative estimate of drug-likeness (QED) is 0.195. The molecular formula is C21H23IN4O4S. The van der Waals surface area contributed by atoms with E-state index in [4.69, 9.17) is 16.3 Å². The summed E-state index contributed by atoms with van der Waals surface area (Å²) in [5.41, 5.74) is 8.43. The van der Waals surface area contributed by atoms with Crippen molar-refractivity contribution in [2.45, 2.75) is 8.82 Å². The van der Waals surface area contributed by atoms with Crippen LogP contribution in [0.15, 0.2) is 59.0 Å². The van der Waals surface area contributed by atoms with Gasteiger partial charge in [0.05, 0.1) is 35.2 Å². The highest BCUT2D eigenvalue weighted by atomic mass is 127. The summed E-state index contributed by atoms with van der Waals surface area (Å²) in [6.45, 7) is 1.88.